The van der Waals surface area contributed by atoms with Gasteiger partial charge in [0.1, 0.15) is 5.82 Å². The minimum atomic E-state index is -0.922. The monoisotopic (exact) mass is 335 g/mol. The van der Waals surface area contributed by atoms with Crippen LogP contribution in [0.2, 0.25) is 0 Å². The molecule has 122 valence electrons. The summed E-state index contributed by atoms with van der Waals surface area (Å²) in [6.07, 6.45) is 2.48. The third kappa shape index (κ3) is 3.41. The van der Waals surface area contributed by atoms with Gasteiger partial charge in [-0.1, -0.05) is 18.2 Å². The van der Waals surface area contributed by atoms with Crippen LogP contribution >= 0.6 is 11.3 Å². The van der Waals surface area contributed by atoms with Gasteiger partial charge in [-0.15, -0.1) is 11.3 Å². The van der Waals surface area contributed by atoms with Crippen LogP contribution in [0.5, 0.6) is 0 Å². The summed E-state index contributed by atoms with van der Waals surface area (Å²) in [5.74, 6) is -0.823. The van der Waals surface area contributed by atoms with Gasteiger partial charge in [0.15, 0.2) is 4.80 Å². The number of carbonyl (C=O) groups excluding carboxylic acids is 1. The first-order chi connectivity index (χ1) is 11.0. The fourth-order valence-corrected chi connectivity index (χ4v) is 3.43. The molecule has 1 aromatic carbocycles. The van der Waals surface area contributed by atoms with Gasteiger partial charge in [-0.3, -0.25) is 4.79 Å². The van der Waals surface area contributed by atoms with Crippen molar-refractivity contribution in [1.82, 2.24) is 4.57 Å². The van der Waals surface area contributed by atoms with E-state index in [2.05, 4.69) is 4.99 Å². The Morgan fingerprint density at radius 1 is 1.48 bits per heavy atom. The number of rotatable bonds is 4. The molecule has 2 aromatic rings. The van der Waals surface area contributed by atoms with E-state index >= 15 is 0 Å². The van der Waals surface area contributed by atoms with Gasteiger partial charge in [0.05, 0.1) is 12.1 Å². The number of nitrogens with zero attached hydrogens (tertiary/aromatic N) is 2. The summed E-state index contributed by atoms with van der Waals surface area (Å²) in [4.78, 5) is 16.8. The number of carbonyl (C=O) groups is 1. The number of thiazole rings is 1. The number of halogens is 1. The molecule has 0 bridgehead atoms. The van der Waals surface area contributed by atoms with E-state index in [1.54, 1.807) is 29.0 Å². The van der Waals surface area contributed by atoms with Crippen LogP contribution < -0.4 is 10.5 Å². The van der Waals surface area contributed by atoms with Gasteiger partial charge in [0.25, 0.3) is 5.91 Å². The molecule has 5 nitrogen and oxygen atoms in total. The first-order valence-corrected chi connectivity index (χ1v) is 8.27. The van der Waals surface area contributed by atoms with Gasteiger partial charge < -0.3 is 15.4 Å². The number of amides is 1. The smallest absolute Gasteiger partial charge is 0.251 e. The maximum atomic E-state index is 13.7. The minimum Gasteiger partial charge on any atom is -0.389 e. The van der Waals surface area contributed by atoms with Gasteiger partial charge >= 0.3 is 0 Å². The largest absolute Gasteiger partial charge is 0.389 e. The van der Waals surface area contributed by atoms with Gasteiger partial charge in [-0.05, 0) is 18.9 Å². The first-order valence-electron chi connectivity index (χ1n) is 7.39. The normalized spacial score (nSPS) is 24.5. The quantitative estimate of drug-likeness (QED) is 0.883. The van der Waals surface area contributed by atoms with Crippen molar-refractivity contribution in [2.24, 2.45) is 16.6 Å². The van der Waals surface area contributed by atoms with Crippen molar-refractivity contribution in [3.63, 3.8) is 0 Å². The molecular weight excluding hydrogens is 317 g/mol. The molecule has 1 heterocycles. The van der Waals surface area contributed by atoms with Crippen LogP contribution in [0.15, 0.2) is 40.8 Å². The molecule has 7 heteroatoms. The summed E-state index contributed by atoms with van der Waals surface area (Å²) in [7, 11) is 0. The zero-order valence-corrected chi connectivity index (χ0v) is 13.3. The van der Waals surface area contributed by atoms with Crippen molar-refractivity contribution in [2.75, 3.05) is 6.54 Å². The van der Waals surface area contributed by atoms with Crippen molar-refractivity contribution in [3.8, 4) is 0 Å². The average molecular weight is 335 g/mol. The molecule has 1 aliphatic carbocycles. The van der Waals surface area contributed by atoms with Crippen LogP contribution in [0.4, 0.5) is 4.39 Å². The highest BCUT2D eigenvalue weighted by molar-refractivity contribution is 7.07. The van der Waals surface area contributed by atoms with Gasteiger partial charge in [0, 0.05) is 29.6 Å². The van der Waals surface area contributed by atoms with Gasteiger partial charge in [-0.2, -0.15) is 4.99 Å². The van der Waals surface area contributed by atoms with E-state index in [0.717, 1.165) is 0 Å². The number of nitrogens with two attached hydrogens (primary N) is 1. The van der Waals surface area contributed by atoms with E-state index in [4.69, 9.17) is 5.73 Å². The predicted octanol–water partition coefficient (Wildman–Crippen LogP) is 1.26. The highest BCUT2D eigenvalue weighted by Crippen LogP contribution is 2.37. The summed E-state index contributed by atoms with van der Waals surface area (Å²) in [5.41, 5.74) is 5.08. The topological polar surface area (TPSA) is 80.6 Å². The Morgan fingerprint density at radius 3 is 2.91 bits per heavy atom. The zero-order chi connectivity index (χ0) is 16.4. The van der Waals surface area contributed by atoms with E-state index in [0.29, 0.717) is 29.8 Å². The Labute approximate surface area is 136 Å². The Morgan fingerprint density at radius 2 is 2.22 bits per heavy atom. The summed E-state index contributed by atoms with van der Waals surface area (Å²) < 4.78 is 15.5. The van der Waals surface area contributed by atoms with Crippen molar-refractivity contribution in [2.45, 2.75) is 25.0 Å². The molecule has 1 amide bonds. The molecule has 0 radical (unpaired) electrons. The van der Waals surface area contributed by atoms with Crippen LogP contribution in [0, 0.1) is 11.7 Å². The van der Waals surface area contributed by atoms with E-state index in [1.165, 1.54) is 17.4 Å². The van der Waals surface area contributed by atoms with Crippen LogP contribution in [-0.2, 0) is 11.3 Å². The first kappa shape index (κ1) is 16.0. The molecule has 0 saturated heterocycles. The third-order valence-corrected chi connectivity index (χ3v) is 4.94. The fourth-order valence-electron chi connectivity index (χ4n) is 2.70. The fraction of sp³-hybridized carbons (Fsp3) is 0.375. The summed E-state index contributed by atoms with van der Waals surface area (Å²) in [6, 6.07) is 6.53. The molecule has 23 heavy (non-hydrogen) atoms. The molecule has 0 spiro atoms. The highest BCUT2D eigenvalue weighted by Gasteiger charge is 2.45. The van der Waals surface area contributed by atoms with Crippen LogP contribution in [0.1, 0.15) is 18.4 Å². The molecule has 0 aliphatic heterocycles. The predicted molar refractivity (Wildman–Crippen MR) is 85.1 cm³/mol. The second-order valence-electron chi connectivity index (χ2n) is 5.89. The summed E-state index contributed by atoms with van der Waals surface area (Å²) >= 11 is 1.33. The highest BCUT2D eigenvalue weighted by atomic mass is 32.1. The molecule has 1 fully saturated rings. The number of hydrogen-bond donors (Lipinski definition) is 2. The number of aliphatic hydroxyl groups is 1. The Hall–Kier alpha value is -1.83. The lowest BCUT2D eigenvalue weighted by molar-refractivity contribution is -0.136. The molecule has 0 atom stereocenters. The molecule has 1 aliphatic rings. The second-order valence-corrected chi connectivity index (χ2v) is 6.76. The maximum Gasteiger partial charge on any atom is 0.251 e. The standard InChI is InChI=1S/C16H18FN3O2S/c17-13-4-2-1-3-11(13)9-20-5-6-23-15(20)19-14(21)12-7-16(22,8-12)10-18/h1-6,12,22H,7-10,18H2. The van der Waals surface area contributed by atoms with Gasteiger partial charge in [0.2, 0.25) is 0 Å². The van der Waals surface area contributed by atoms with E-state index in [9.17, 15) is 14.3 Å². The molecule has 3 N–H and O–H groups in total. The van der Waals surface area contributed by atoms with Gasteiger partial charge in [-0.25, -0.2) is 4.39 Å². The van der Waals surface area contributed by atoms with Crippen molar-refractivity contribution in [3.05, 3.63) is 52.0 Å². The molecule has 0 unspecified atom stereocenters. The SMILES string of the molecule is NCC1(O)CC(C(=O)N=c2sccn2Cc2ccccc2F)C1. The van der Waals surface area contributed by atoms with E-state index in [-0.39, 0.29) is 24.2 Å². The molecule has 1 aromatic heterocycles. The van der Waals surface area contributed by atoms with E-state index in [1.807, 2.05) is 5.38 Å². The van der Waals surface area contributed by atoms with Crippen LogP contribution in [0.25, 0.3) is 0 Å². The van der Waals surface area contributed by atoms with Crippen molar-refractivity contribution in [1.29, 1.82) is 0 Å². The Balaban J connectivity index is 1.76. The number of aromatic nitrogens is 1. The summed E-state index contributed by atoms with van der Waals surface area (Å²) in [6.45, 7) is 0.475. The molecular formula is C16H18FN3O2S. The Kier molecular flexibility index (Phi) is 4.43. The molecule has 1 saturated carbocycles. The molecule has 3 rings (SSSR count). The van der Waals surface area contributed by atoms with Crippen LogP contribution in [0.3, 0.4) is 0 Å². The lowest BCUT2D eigenvalue weighted by atomic mass is 9.70. The Bertz CT molecular complexity index is 777. The summed E-state index contributed by atoms with van der Waals surface area (Å²) in [5, 5.41) is 11.7. The second kappa shape index (κ2) is 6.35. The minimum absolute atomic E-state index is 0.156. The number of hydrogen-bond acceptors (Lipinski definition) is 4. The lowest BCUT2D eigenvalue weighted by Gasteiger charge is -2.40. The van der Waals surface area contributed by atoms with Crippen molar-refractivity contribution >= 4 is 17.2 Å². The van der Waals surface area contributed by atoms with Crippen LogP contribution in [-0.4, -0.2) is 27.7 Å². The lowest BCUT2D eigenvalue weighted by Crippen LogP contribution is -2.51. The zero-order valence-electron chi connectivity index (χ0n) is 12.5. The maximum absolute atomic E-state index is 13.7. The van der Waals surface area contributed by atoms with Crippen molar-refractivity contribution < 1.29 is 14.3 Å². The number of benzene rings is 1. The third-order valence-electron chi connectivity index (χ3n) is 4.15. The average Bonchev–Trinajstić information content (AvgIpc) is 2.93. The van der Waals surface area contributed by atoms with E-state index < -0.39 is 5.60 Å².